The average molecular weight is 378 g/mol. The summed E-state index contributed by atoms with van der Waals surface area (Å²) in [5.74, 6) is 1.41. The summed E-state index contributed by atoms with van der Waals surface area (Å²) in [6, 6.07) is 17.4. The third-order valence-electron chi connectivity index (χ3n) is 4.78. The normalized spacial score (nSPS) is 14.1. The van der Waals surface area contributed by atoms with Crippen LogP contribution < -0.4 is 9.47 Å². The summed E-state index contributed by atoms with van der Waals surface area (Å²) >= 11 is 0. The number of morpholine rings is 1. The molecule has 1 aliphatic rings. The molecule has 0 bridgehead atoms. The van der Waals surface area contributed by atoms with Crippen LogP contribution in [0.3, 0.4) is 0 Å². The third kappa shape index (κ3) is 3.92. The molecule has 0 radical (unpaired) electrons. The topological polar surface area (TPSA) is 60.9 Å². The van der Waals surface area contributed by atoms with Crippen LogP contribution in [0.15, 0.2) is 54.6 Å². The SMILES string of the molecule is COc1ccc(-c2cc(OCC(=O)N3CCOCC3)c3ccccc3n2)cc1. The van der Waals surface area contributed by atoms with E-state index >= 15 is 0 Å². The minimum absolute atomic E-state index is 0.00391. The second-order valence-corrected chi connectivity index (χ2v) is 6.53. The molecule has 144 valence electrons. The summed E-state index contributed by atoms with van der Waals surface area (Å²) in [4.78, 5) is 19.0. The van der Waals surface area contributed by atoms with Gasteiger partial charge in [0, 0.05) is 30.1 Å². The monoisotopic (exact) mass is 378 g/mol. The number of hydrogen-bond acceptors (Lipinski definition) is 5. The second kappa shape index (κ2) is 8.27. The highest BCUT2D eigenvalue weighted by atomic mass is 16.5. The van der Waals surface area contributed by atoms with E-state index < -0.39 is 0 Å². The molecule has 1 aliphatic heterocycles. The van der Waals surface area contributed by atoms with Crippen LogP contribution in [0.25, 0.3) is 22.2 Å². The summed E-state index contributed by atoms with van der Waals surface area (Å²) in [6.45, 7) is 2.36. The molecule has 0 aliphatic carbocycles. The predicted octanol–water partition coefficient (Wildman–Crippen LogP) is 3.15. The zero-order valence-corrected chi connectivity index (χ0v) is 15.8. The fourth-order valence-corrected chi connectivity index (χ4v) is 3.22. The Morgan fingerprint density at radius 1 is 1.11 bits per heavy atom. The number of methoxy groups -OCH3 is 1. The first-order valence-electron chi connectivity index (χ1n) is 9.27. The van der Waals surface area contributed by atoms with Crippen LogP contribution in [0, 0.1) is 0 Å². The minimum Gasteiger partial charge on any atom is -0.497 e. The molecule has 0 unspecified atom stereocenters. The molecule has 28 heavy (non-hydrogen) atoms. The van der Waals surface area contributed by atoms with E-state index in [9.17, 15) is 4.79 Å². The van der Waals surface area contributed by atoms with Crippen LogP contribution in [0.5, 0.6) is 11.5 Å². The van der Waals surface area contributed by atoms with E-state index in [0.717, 1.165) is 27.9 Å². The van der Waals surface area contributed by atoms with Gasteiger partial charge < -0.3 is 19.1 Å². The number of rotatable bonds is 5. The van der Waals surface area contributed by atoms with E-state index in [-0.39, 0.29) is 12.5 Å². The third-order valence-corrected chi connectivity index (χ3v) is 4.78. The fourth-order valence-electron chi connectivity index (χ4n) is 3.22. The van der Waals surface area contributed by atoms with Gasteiger partial charge in [-0.3, -0.25) is 4.79 Å². The van der Waals surface area contributed by atoms with Crippen molar-refractivity contribution in [3.63, 3.8) is 0 Å². The average Bonchev–Trinajstić information content (AvgIpc) is 2.77. The van der Waals surface area contributed by atoms with E-state index in [4.69, 9.17) is 19.2 Å². The number of ether oxygens (including phenoxy) is 3. The van der Waals surface area contributed by atoms with Gasteiger partial charge in [-0.2, -0.15) is 0 Å². The van der Waals surface area contributed by atoms with Crippen molar-refractivity contribution in [2.45, 2.75) is 0 Å². The highest BCUT2D eigenvalue weighted by molar-refractivity contribution is 5.88. The Labute approximate surface area is 163 Å². The van der Waals surface area contributed by atoms with Crippen molar-refractivity contribution in [2.24, 2.45) is 0 Å². The van der Waals surface area contributed by atoms with Crippen molar-refractivity contribution < 1.29 is 19.0 Å². The van der Waals surface area contributed by atoms with E-state index in [1.54, 1.807) is 12.0 Å². The summed E-state index contributed by atoms with van der Waals surface area (Å²) in [5, 5.41) is 0.884. The van der Waals surface area contributed by atoms with Gasteiger partial charge in [0.2, 0.25) is 0 Å². The fraction of sp³-hybridized carbons (Fsp3) is 0.273. The van der Waals surface area contributed by atoms with Gasteiger partial charge in [0.05, 0.1) is 31.5 Å². The Kier molecular flexibility index (Phi) is 5.39. The Morgan fingerprint density at radius 2 is 1.86 bits per heavy atom. The van der Waals surface area contributed by atoms with E-state index in [1.165, 1.54) is 0 Å². The molecule has 3 aromatic rings. The van der Waals surface area contributed by atoms with E-state index in [2.05, 4.69) is 0 Å². The number of fused-ring (bicyclic) bond motifs is 1. The van der Waals surface area contributed by atoms with Gasteiger partial charge in [0.1, 0.15) is 11.5 Å². The minimum atomic E-state index is -0.0322. The van der Waals surface area contributed by atoms with Crippen LogP contribution in [-0.2, 0) is 9.53 Å². The smallest absolute Gasteiger partial charge is 0.260 e. The maximum Gasteiger partial charge on any atom is 0.260 e. The standard InChI is InChI=1S/C22H22N2O4/c1-26-17-8-6-16(7-9-17)20-14-21(18-4-2-3-5-19(18)23-20)28-15-22(25)24-10-12-27-13-11-24/h2-9,14H,10-13,15H2,1H3. The Hall–Kier alpha value is -3.12. The Bertz CT molecular complexity index is 966. The molecule has 1 aromatic heterocycles. The van der Waals surface area contributed by atoms with Crippen molar-refractivity contribution >= 4 is 16.8 Å². The van der Waals surface area contributed by atoms with Gasteiger partial charge in [-0.05, 0) is 36.4 Å². The summed E-state index contributed by atoms with van der Waals surface area (Å²) in [6.07, 6.45) is 0. The molecule has 2 heterocycles. The first-order chi connectivity index (χ1) is 13.7. The first kappa shape index (κ1) is 18.3. The summed E-state index contributed by atoms with van der Waals surface area (Å²) in [7, 11) is 1.64. The van der Waals surface area contributed by atoms with Gasteiger partial charge in [0.25, 0.3) is 5.91 Å². The molecular formula is C22H22N2O4. The Morgan fingerprint density at radius 3 is 2.61 bits per heavy atom. The number of amides is 1. The van der Waals surface area contributed by atoms with Gasteiger partial charge in [0.15, 0.2) is 6.61 Å². The molecule has 6 nitrogen and oxygen atoms in total. The van der Waals surface area contributed by atoms with Gasteiger partial charge in [-0.15, -0.1) is 0 Å². The largest absolute Gasteiger partial charge is 0.497 e. The van der Waals surface area contributed by atoms with Crippen LogP contribution in [0.4, 0.5) is 0 Å². The molecule has 1 saturated heterocycles. The van der Waals surface area contributed by atoms with Crippen molar-refractivity contribution in [1.82, 2.24) is 9.88 Å². The second-order valence-electron chi connectivity index (χ2n) is 6.53. The lowest BCUT2D eigenvalue weighted by molar-refractivity contribution is -0.137. The number of aromatic nitrogens is 1. The molecule has 2 aromatic carbocycles. The number of hydrogen-bond donors (Lipinski definition) is 0. The number of carbonyl (C=O) groups is 1. The number of nitrogens with zero attached hydrogens (tertiary/aromatic N) is 2. The number of carbonyl (C=O) groups excluding carboxylic acids is 1. The highest BCUT2D eigenvalue weighted by Gasteiger charge is 2.18. The maximum atomic E-state index is 12.4. The highest BCUT2D eigenvalue weighted by Crippen LogP contribution is 2.30. The van der Waals surface area contributed by atoms with Gasteiger partial charge >= 0.3 is 0 Å². The molecular weight excluding hydrogens is 356 g/mol. The lowest BCUT2D eigenvalue weighted by Gasteiger charge is -2.26. The number of pyridine rings is 1. The molecule has 0 spiro atoms. The molecule has 6 heteroatoms. The Balaban J connectivity index is 1.61. The van der Waals surface area contributed by atoms with Crippen molar-refractivity contribution in [2.75, 3.05) is 40.0 Å². The van der Waals surface area contributed by atoms with Gasteiger partial charge in [-0.1, -0.05) is 12.1 Å². The van der Waals surface area contributed by atoms with Gasteiger partial charge in [-0.25, -0.2) is 4.98 Å². The number of benzene rings is 2. The molecule has 1 fully saturated rings. The molecule has 1 amide bonds. The first-order valence-corrected chi connectivity index (χ1v) is 9.27. The lowest BCUT2D eigenvalue weighted by Crippen LogP contribution is -2.43. The number of para-hydroxylation sites is 1. The van der Waals surface area contributed by atoms with Crippen LogP contribution >= 0.6 is 0 Å². The van der Waals surface area contributed by atoms with Crippen molar-refractivity contribution in [1.29, 1.82) is 0 Å². The quantitative estimate of drug-likeness (QED) is 0.683. The van der Waals surface area contributed by atoms with Crippen LogP contribution in [0.2, 0.25) is 0 Å². The summed E-state index contributed by atoms with van der Waals surface area (Å²) in [5.41, 5.74) is 2.57. The van der Waals surface area contributed by atoms with E-state index in [1.807, 2.05) is 54.6 Å². The van der Waals surface area contributed by atoms with Crippen molar-refractivity contribution in [3.8, 4) is 22.8 Å². The predicted molar refractivity (Wildman–Crippen MR) is 107 cm³/mol. The van der Waals surface area contributed by atoms with E-state index in [0.29, 0.717) is 32.1 Å². The molecule has 0 atom stereocenters. The molecule has 4 rings (SSSR count). The molecule has 0 saturated carbocycles. The van der Waals surface area contributed by atoms with Crippen molar-refractivity contribution in [3.05, 3.63) is 54.6 Å². The summed E-state index contributed by atoms with van der Waals surface area (Å²) < 4.78 is 16.5. The van der Waals surface area contributed by atoms with Crippen LogP contribution in [-0.4, -0.2) is 55.8 Å². The maximum absolute atomic E-state index is 12.4. The molecule has 0 N–H and O–H groups in total. The van der Waals surface area contributed by atoms with Crippen LogP contribution in [0.1, 0.15) is 0 Å². The zero-order valence-electron chi connectivity index (χ0n) is 15.8. The lowest BCUT2D eigenvalue weighted by atomic mass is 10.1. The zero-order chi connectivity index (χ0) is 19.3.